The normalized spacial score (nSPS) is 14.5. The Hall–Kier alpha value is -3.80. The maximum atomic E-state index is 8.75. The number of aromatic nitrogens is 3. The summed E-state index contributed by atoms with van der Waals surface area (Å²) in [6, 6.07) is 38.0. The first-order valence-electron chi connectivity index (χ1n) is 19.5. The molecule has 1 fully saturated rings. The Morgan fingerprint density at radius 1 is 0.830 bits per heavy atom. The van der Waals surface area contributed by atoms with Gasteiger partial charge in [0.15, 0.2) is 0 Å². The van der Waals surface area contributed by atoms with Crippen molar-refractivity contribution in [2.45, 2.75) is 84.8 Å². The van der Waals surface area contributed by atoms with Crippen LogP contribution in [0.15, 0.2) is 110 Å². The molecule has 7 aromatic rings. The van der Waals surface area contributed by atoms with Gasteiger partial charge >= 0.3 is 0 Å². The first-order valence-corrected chi connectivity index (χ1v) is 22.9. The van der Waals surface area contributed by atoms with Crippen molar-refractivity contribution in [3.8, 4) is 33.6 Å². The molecule has 1 aliphatic rings. The molecule has 3 nitrogen and oxygen atoms in total. The summed E-state index contributed by atoms with van der Waals surface area (Å²) in [5, 5.41) is 3.56. The molecule has 1 radical (unpaired) electrons. The van der Waals surface area contributed by atoms with Crippen LogP contribution in [0, 0.1) is 17.5 Å². The number of hydrogen-bond acceptors (Lipinski definition) is 4. The first kappa shape index (κ1) is 36.2. The summed E-state index contributed by atoms with van der Waals surface area (Å²) < 4.78 is 18.7. The van der Waals surface area contributed by atoms with Crippen LogP contribution < -0.4 is 5.19 Å². The average Bonchev–Trinajstić information content (AvgIpc) is 3.57. The zero-order valence-corrected chi connectivity index (χ0v) is 35.8. The molecule has 0 unspecified atom stereocenters. The van der Waals surface area contributed by atoms with E-state index in [1.807, 2.05) is 75.8 Å². The van der Waals surface area contributed by atoms with Crippen molar-refractivity contribution in [1.82, 2.24) is 15.0 Å². The van der Waals surface area contributed by atoms with E-state index in [1.165, 1.54) is 64.3 Å². The van der Waals surface area contributed by atoms with Crippen LogP contribution >= 0.6 is 11.3 Å². The van der Waals surface area contributed by atoms with E-state index in [4.69, 9.17) is 7.73 Å². The van der Waals surface area contributed by atoms with Crippen molar-refractivity contribution in [2.75, 3.05) is 0 Å². The van der Waals surface area contributed by atoms with Crippen molar-refractivity contribution in [3.63, 3.8) is 0 Å². The second kappa shape index (κ2) is 16.7. The second-order valence-electron chi connectivity index (χ2n) is 15.9. The van der Waals surface area contributed by atoms with Gasteiger partial charge in [0.1, 0.15) is 4.83 Å². The third kappa shape index (κ3) is 9.12. The maximum Gasteiger partial charge on any atom is 0.113 e. The van der Waals surface area contributed by atoms with E-state index in [0.29, 0.717) is 5.92 Å². The quantitative estimate of drug-likeness (QED) is 0.123. The summed E-state index contributed by atoms with van der Waals surface area (Å²) >= 11 is 1.74. The zero-order chi connectivity index (χ0) is 38.1. The van der Waals surface area contributed by atoms with Gasteiger partial charge in [-0.3, -0.25) is 0 Å². The molecular weight excluding hydrogens is 859 g/mol. The van der Waals surface area contributed by atoms with E-state index in [1.54, 1.807) is 11.3 Å². The minimum Gasteiger partial charge on any atom is -0.305 e. The molecule has 0 atom stereocenters. The van der Waals surface area contributed by atoms with Gasteiger partial charge < -0.3 is 9.97 Å². The number of thiophene rings is 1. The van der Waals surface area contributed by atoms with Gasteiger partial charge in [-0.1, -0.05) is 136 Å². The Balaban J connectivity index is 0.000000193. The van der Waals surface area contributed by atoms with Gasteiger partial charge in [0.25, 0.3) is 0 Å². The molecule has 0 aliphatic heterocycles. The molecule has 0 spiro atoms. The van der Waals surface area contributed by atoms with Gasteiger partial charge in [0.2, 0.25) is 0 Å². The molecule has 1 saturated carbocycles. The molecular formula is C47H49IrN3SSi-2. The Kier molecular flexibility index (Phi) is 11.4. The van der Waals surface area contributed by atoms with Gasteiger partial charge in [-0.2, -0.15) is 11.3 Å². The molecule has 0 bridgehead atoms. The number of hydrogen-bond donors (Lipinski definition) is 0. The van der Waals surface area contributed by atoms with Crippen LogP contribution in [0.5, 0.6) is 0 Å². The minimum absolute atomic E-state index is 0. The summed E-state index contributed by atoms with van der Waals surface area (Å²) in [5.74, 6) is 0.658. The van der Waals surface area contributed by atoms with Crippen LogP contribution in [0.25, 0.3) is 53.9 Å². The molecule has 4 heterocycles. The number of pyridine rings is 3. The molecule has 273 valence electrons. The van der Waals surface area contributed by atoms with Crippen LogP contribution in [-0.2, 0) is 26.5 Å². The smallest absolute Gasteiger partial charge is 0.113 e. The van der Waals surface area contributed by atoms with Gasteiger partial charge in [0.05, 0.1) is 8.07 Å². The Bertz CT molecular complexity index is 2380. The summed E-state index contributed by atoms with van der Waals surface area (Å²) in [6.45, 7) is 12.6. The average molecular weight is 910 g/mol. The van der Waals surface area contributed by atoms with E-state index in [-0.39, 0.29) is 20.1 Å². The predicted octanol–water partition coefficient (Wildman–Crippen LogP) is 12.7. The van der Waals surface area contributed by atoms with Crippen molar-refractivity contribution in [3.05, 3.63) is 133 Å². The summed E-state index contributed by atoms with van der Waals surface area (Å²) in [5.41, 5.74) is 7.93. The molecule has 0 N–H and O–H groups in total. The molecule has 6 heteroatoms. The van der Waals surface area contributed by atoms with Crippen LogP contribution in [0.2, 0.25) is 19.6 Å². The molecule has 0 saturated heterocycles. The molecule has 3 aromatic carbocycles. The summed E-state index contributed by atoms with van der Waals surface area (Å²) in [6.07, 6.45) is 11.0. The third-order valence-corrected chi connectivity index (χ3v) is 12.8. The fourth-order valence-corrected chi connectivity index (χ4v) is 9.70. The van der Waals surface area contributed by atoms with E-state index < -0.39 is 19.9 Å². The zero-order valence-electron chi connectivity index (χ0n) is 33.6. The SMILES string of the molecule is [2H]C([2H])(c1cc(-c2[c-]cccc2)ncc1[Si](C)(C)C)C(C)(C)C.[Ir].[c-]1cc2sc3ncccc3c2c(-c2ccccc2)c1-c1cc(C2CCCCC2)ccn1. The standard InChI is InChI=1S/C28H23N2S.C19H26NSi.Ir/c1-3-8-19(9-4-1)21-15-17-29-24(18-21)22-13-14-25-27(23-12-7-16-30-28(23)31-25)26(22)20-10-5-2-6-11-20;1-19(2,3)13-16-12-17(15-10-8-7-9-11-15)20-14-18(16)21(4,5)6;/h2,5-7,10-12,14-19H,1,3-4,8-9H2;7-10,12,14H,13H2,1-6H3;/q2*-1;/i;13D2;. The monoisotopic (exact) mass is 910 g/mol. The van der Waals surface area contributed by atoms with Crippen molar-refractivity contribution in [2.24, 2.45) is 5.41 Å². The first-order chi connectivity index (χ1) is 25.8. The fourth-order valence-electron chi connectivity index (χ4n) is 7.27. The van der Waals surface area contributed by atoms with E-state index in [2.05, 4.69) is 96.3 Å². The van der Waals surface area contributed by atoms with Crippen LogP contribution in [-0.4, -0.2) is 23.0 Å². The van der Waals surface area contributed by atoms with Gasteiger partial charge in [-0.05, 0) is 64.0 Å². The van der Waals surface area contributed by atoms with Crippen LogP contribution in [0.1, 0.15) is 72.7 Å². The van der Waals surface area contributed by atoms with Crippen molar-refractivity contribution >= 4 is 44.9 Å². The summed E-state index contributed by atoms with van der Waals surface area (Å²) in [7, 11) is -1.70. The second-order valence-corrected chi connectivity index (χ2v) is 22.0. The largest absolute Gasteiger partial charge is 0.305 e. The number of benzene rings is 3. The molecule has 8 rings (SSSR count). The Labute approximate surface area is 337 Å². The van der Waals surface area contributed by atoms with Gasteiger partial charge in [-0.25, -0.2) is 4.98 Å². The van der Waals surface area contributed by atoms with E-state index in [0.717, 1.165) is 38.1 Å². The number of nitrogens with zero attached hydrogens (tertiary/aromatic N) is 3. The van der Waals surface area contributed by atoms with E-state index in [9.17, 15) is 0 Å². The molecule has 4 aromatic heterocycles. The third-order valence-electron chi connectivity index (χ3n) is 9.73. The molecule has 53 heavy (non-hydrogen) atoms. The number of rotatable bonds is 6. The predicted molar refractivity (Wildman–Crippen MR) is 225 cm³/mol. The topological polar surface area (TPSA) is 38.7 Å². The molecule has 0 amide bonds. The van der Waals surface area contributed by atoms with Crippen molar-refractivity contribution in [1.29, 1.82) is 0 Å². The van der Waals surface area contributed by atoms with Crippen LogP contribution in [0.3, 0.4) is 0 Å². The van der Waals surface area contributed by atoms with E-state index >= 15 is 0 Å². The number of fused-ring (bicyclic) bond motifs is 3. The maximum absolute atomic E-state index is 8.75. The summed E-state index contributed by atoms with van der Waals surface area (Å²) in [4.78, 5) is 15.1. The molecule has 1 aliphatic carbocycles. The van der Waals surface area contributed by atoms with Gasteiger partial charge in [0, 0.05) is 46.8 Å². The Morgan fingerprint density at radius 3 is 2.32 bits per heavy atom. The van der Waals surface area contributed by atoms with Crippen LogP contribution in [0.4, 0.5) is 0 Å². The van der Waals surface area contributed by atoms with Crippen molar-refractivity contribution < 1.29 is 22.8 Å². The minimum atomic E-state index is -1.70. The fraction of sp³-hybridized carbons (Fsp3) is 0.298. The van der Waals surface area contributed by atoms with Gasteiger partial charge in [-0.15, -0.1) is 53.6 Å². The Morgan fingerprint density at radius 2 is 1.60 bits per heavy atom.